The lowest BCUT2D eigenvalue weighted by Crippen LogP contribution is -2.64. The average molecular weight is 404 g/mol. The van der Waals surface area contributed by atoms with E-state index in [1.807, 2.05) is 36.1 Å². The van der Waals surface area contributed by atoms with Gasteiger partial charge in [-0.2, -0.15) is 0 Å². The number of pyridine rings is 1. The van der Waals surface area contributed by atoms with Gasteiger partial charge in [-0.25, -0.2) is 0 Å². The molecular formula is C23H24N4O3. The molecule has 1 aromatic heterocycles. The Morgan fingerprint density at radius 2 is 1.93 bits per heavy atom. The molecule has 0 saturated carbocycles. The molecule has 5 rings (SSSR count). The number of anilines is 1. The van der Waals surface area contributed by atoms with Gasteiger partial charge in [0.1, 0.15) is 12.2 Å². The van der Waals surface area contributed by atoms with Crippen molar-refractivity contribution in [2.24, 2.45) is 0 Å². The highest BCUT2D eigenvalue weighted by Gasteiger charge is 2.53. The van der Waals surface area contributed by atoms with Crippen LogP contribution in [0.4, 0.5) is 5.69 Å². The fraction of sp³-hybridized carbons (Fsp3) is 0.391. The molecule has 0 bridgehead atoms. The van der Waals surface area contributed by atoms with Crippen LogP contribution in [-0.2, 0) is 9.59 Å². The fourth-order valence-corrected chi connectivity index (χ4v) is 5.16. The Labute approximate surface area is 175 Å². The van der Waals surface area contributed by atoms with Crippen molar-refractivity contribution in [3.05, 3.63) is 59.9 Å². The smallest absolute Gasteiger partial charge is 0.258 e. The van der Waals surface area contributed by atoms with Crippen LogP contribution < -0.4 is 4.90 Å². The number of amides is 3. The number of carbonyl (C=O) groups is 3. The van der Waals surface area contributed by atoms with Crippen molar-refractivity contribution in [3.8, 4) is 0 Å². The minimum Gasteiger partial charge on any atom is -0.334 e. The Kier molecular flexibility index (Phi) is 4.34. The molecule has 1 aromatic carbocycles. The Morgan fingerprint density at radius 3 is 2.73 bits per heavy atom. The predicted molar refractivity (Wildman–Crippen MR) is 111 cm³/mol. The van der Waals surface area contributed by atoms with E-state index in [9.17, 15) is 14.4 Å². The molecule has 0 radical (unpaired) electrons. The number of rotatable bonds is 3. The van der Waals surface area contributed by atoms with E-state index in [0.717, 1.165) is 18.4 Å². The van der Waals surface area contributed by atoms with Crippen molar-refractivity contribution in [1.82, 2.24) is 14.8 Å². The van der Waals surface area contributed by atoms with Crippen molar-refractivity contribution in [2.75, 3.05) is 18.0 Å². The first-order chi connectivity index (χ1) is 14.5. The van der Waals surface area contributed by atoms with Gasteiger partial charge in [0.15, 0.2) is 0 Å². The zero-order chi connectivity index (χ0) is 20.9. The van der Waals surface area contributed by atoms with Crippen molar-refractivity contribution in [3.63, 3.8) is 0 Å². The maximum atomic E-state index is 13.4. The van der Waals surface area contributed by atoms with Gasteiger partial charge >= 0.3 is 0 Å². The molecule has 3 aliphatic heterocycles. The van der Waals surface area contributed by atoms with Crippen molar-refractivity contribution < 1.29 is 14.4 Å². The molecule has 2 atom stereocenters. The lowest BCUT2D eigenvalue weighted by Gasteiger charge is -2.48. The number of aromatic nitrogens is 1. The number of hydrogen-bond donors (Lipinski definition) is 0. The second kappa shape index (κ2) is 6.93. The van der Waals surface area contributed by atoms with Crippen LogP contribution in [0.25, 0.3) is 0 Å². The van der Waals surface area contributed by atoms with E-state index in [1.165, 1.54) is 0 Å². The minimum absolute atomic E-state index is 0.00166. The number of nitrogens with zero attached hydrogens (tertiary/aromatic N) is 4. The van der Waals surface area contributed by atoms with E-state index in [1.54, 1.807) is 34.3 Å². The molecule has 30 heavy (non-hydrogen) atoms. The number of likely N-dealkylation sites (tertiary alicyclic amines) is 1. The van der Waals surface area contributed by atoms with Crippen LogP contribution >= 0.6 is 0 Å². The van der Waals surface area contributed by atoms with Crippen LogP contribution in [0, 0.1) is 0 Å². The van der Waals surface area contributed by atoms with Gasteiger partial charge in [-0.3, -0.25) is 24.3 Å². The quantitative estimate of drug-likeness (QED) is 0.789. The molecule has 2 aromatic rings. The summed E-state index contributed by atoms with van der Waals surface area (Å²) >= 11 is 0. The Bertz CT molecular complexity index is 1020. The van der Waals surface area contributed by atoms with Gasteiger partial charge in [0.25, 0.3) is 5.91 Å². The van der Waals surface area contributed by atoms with E-state index >= 15 is 0 Å². The van der Waals surface area contributed by atoms with Gasteiger partial charge in [-0.05, 0) is 56.0 Å². The van der Waals surface area contributed by atoms with Gasteiger partial charge in [-0.1, -0.05) is 12.1 Å². The Balaban J connectivity index is 1.46. The number of benzene rings is 1. The summed E-state index contributed by atoms with van der Waals surface area (Å²) in [4.78, 5) is 48.7. The monoisotopic (exact) mass is 404 g/mol. The molecular weight excluding hydrogens is 380 g/mol. The summed E-state index contributed by atoms with van der Waals surface area (Å²) < 4.78 is 0. The lowest BCUT2D eigenvalue weighted by atomic mass is 9.98. The maximum Gasteiger partial charge on any atom is 0.258 e. The Morgan fingerprint density at radius 1 is 1.17 bits per heavy atom. The van der Waals surface area contributed by atoms with Gasteiger partial charge in [0, 0.05) is 25.4 Å². The standard InChI is InChI=1S/C23H24N4O3/c1-23-11-8-20(28)27(23)19-6-3-2-5-17(19)22(30)26(23)15-21(29)25-14-4-7-18(25)16-9-12-24-13-10-16/h2-3,5-6,9-10,12-13,18H,4,7-8,11,14-15H2,1H3/t18-,23+/m1/s1. The van der Waals surface area contributed by atoms with Gasteiger partial charge in [-0.15, -0.1) is 0 Å². The van der Waals surface area contributed by atoms with E-state index in [4.69, 9.17) is 0 Å². The van der Waals surface area contributed by atoms with E-state index in [-0.39, 0.29) is 30.3 Å². The van der Waals surface area contributed by atoms with Crippen LogP contribution in [0.2, 0.25) is 0 Å². The van der Waals surface area contributed by atoms with Gasteiger partial charge in [0.05, 0.1) is 17.3 Å². The molecule has 2 fully saturated rings. The Hall–Kier alpha value is -3.22. The molecule has 7 nitrogen and oxygen atoms in total. The normalized spacial score (nSPS) is 25.5. The van der Waals surface area contributed by atoms with Crippen LogP contribution in [0.3, 0.4) is 0 Å². The molecule has 0 unspecified atom stereocenters. The number of carbonyl (C=O) groups excluding carboxylic acids is 3. The summed E-state index contributed by atoms with van der Waals surface area (Å²) in [6.45, 7) is 2.53. The molecule has 0 spiro atoms. The summed E-state index contributed by atoms with van der Waals surface area (Å²) in [7, 11) is 0. The van der Waals surface area contributed by atoms with Gasteiger partial charge < -0.3 is 9.80 Å². The van der Waals surface area contributed by atoms with Crippen molar-refractivity contribution in [2.45, 2.75) is 44.3 Å². The van der Waals surface area contributed by atoms with Crippen LogP contribution in [0.5, 0.6) is 0 Å². The SMILES string of the molecule is C[C@@]12CCC(=O)N1c1ccccc1C(=O)N2CC(=O)N1CCC[C@@H]1c1ccncc1. The first-order valence-electron chi connectivity index (χ1n) is 10.4. The molecule has 3 aliphatic rings. The molecule has 0 N–H and O–H groups in total. The third kappa shape index (κ3) is 2.72. The second-order valence-corrected chi connectivity index (χ2v) is 8.38. The molecule has 2 saturated heterocycles. The topological polar surface area (TPSA) is 73.8 Å². The summed E-state index contributed by atoms with van der Waals surface area (Å²) in [5.74, 6) is -0.277. The molecule has 0 aliphatic carbocycles. The van der Waals surface area contributed by atoms with Crippen molar-refractivity contribution >= 4 is 23.4 Å². The van der Waals surface area contributed by atoms with Crippen LogP contribution in [-0.4, -0.2) is 51.3 Å². The predicted octanol–water partition coefficient (Wildman–Crippen LogP) is 2.74. The highest BCUT2D eigenvalue weighted by Crippen LogP contribution is 2.44. The second-order valence-electron chi connectivity index (χ2n) is 8.38. The van der Waals surface area contributed by atoms with Gasteiger partial charge in [0.2, 0.25) is 11.8 Å². The third-order valence-electron chi connectivity index (χ3n) is 6.70. The first-order valence-corrected chi connectivity index (χ1v) is 10.4. The van der Waals surface area contributed by atoms with E-state index in [2.05, 4.69) is 4.98 Å². The number of para-hydroxylation sites is 1. The lowest BCUT2D eigenvalue weighted by molar-refractivity contribution is -0.134. The fourth-order valence-electron chi connectivity index (χ4n) is 5.16. The highest BCUT2D eigenvalue weighted by molar-refractivity contribution is 6.11. The molecule has 3 amide bonds. The summed E-state index contributed by atoms with van der Waals surface area (Å²) in [6.07, 6.45) is 6.19. The maximum absolute atomic E-state index is 13.4. The van der Waals surface area contributed by atoms with Crippen molar-refractivity contribution in [1.29, 1.82) is 0 Å². The first kappa shape index (κ1) is 18.8. The van der Waals surface area contributed by atoms with Crippen LogP contribution in [0.15, 0.2) is 48.8 Å². The minimum atomic E-state index is -0.815. The molecule has 4 heterocycles. The summed E-state index contributed by atoms with van der Waals surface area (Å²) in [5.41, 5.74) is 1.37. The zero-order valence-corrected chi connectivity index (χ0v) is 17.0. The van der Waals surface area contributed by atoms with Crippen LogP contribution in [0.1, 0.15) is 54.6 Å². The summed E-state index contributed by atoms with van der Waals surface area (Å²) in [5, 5.41) is 0. The molecule has 7 heteroatoms. The zero-order valence-electron chi connectivity index (χ0n) is 17.0. The third-order valence-corrected chi connectivity index (χ3v) is 6.70. The average Bonchev–Trinajstić information content (AvgIpc) is 3.37. The number of hydrogen-bond acceptors (Lipinski definition) is 4. The van der Waals surface area contributed by atoms with E-state index < -0.39 is 5.66 Å². The molecule has 154 valence electrons. The summed E-state index contributed by atoms with van der Waals surface area (Å²) in [6, 6.07) is 11.1. The largest absolute Gasteiger partial charge is 0.334 e. The number of fused-ring (bicyclic) bond motifs is 3. The van der Waals surface area contributed by atoms with E-state index in [0.29, 0.717) is 30.6 Å². The highest BCUT2D eigenvalue weighted by atomic mass is 16.2.